The van der Waals surface area contributed by atoms with Crippen molar-refractivity contribution in [2.45, 2.75) is 110 Å². The lowest BCUT2D eigenvalue weighted by Crippen LogP contribution is -2.51. The molecule has 0 amide bonds. The zero-order valence-corrected chi connectivity index (χ0v) is 22.6. The Morgan fingerprint density at radius 1 is 0.938 bits per heavy atom. The van der Waals surface area contributed by atoms with Gasteiger partial charge in [-0.15, -0.1) is 0 Å². The lowest BCUT2D eigenvalue weighted by molar-refractivity contribution is -0.159. The number of ether oxygens (including phenoxy) is 2. The molecule has 0 heterocycles. The van der Waals surface area contributed by atoms with Gasteiger partial charge in [0.1, 0.15) is 6.10 Å². The predicted octanol–water partition coefficient (Wildman–Crippen LogP) is 6.10. The fourth-order valence-electron chi connectivity index (χ4n) is 4.86. The fourth-order valence-corrected chi connectivity index (χ4v) is 10.3. The fraction of sp³-hybridized carbons (Fsp3) is 0.731. The normalized spacial score (nSPS) is 16.3. The van der Waals surface area contributed by atoms with Gasteiger partial charge in [-0.2, -0.15) is 0 Å². The lowest BCUT2D eigenvalue weighted by Gasteiger charge is -2.43. The minimum atomic E-state index is -2.09. The molecule has 184 valence electrons. The molecule has 32 heavy (non-hydrogen) atoms. The number of benzene rings is 1. The first kappa shape index (κ1) is 28.8. The molecule has 0 aliphatic heterocycles. The van der Waals surface area contributed by atoms with Gasteiger partial charge in [-0.1, -0.05) is 85.7 Å². The van der Waals surface area contributed by atoms with Crippen LogP contribution in [0.2, 0.25) is 16.6 Å². The van der Waals surface area contributed by atoms with Crippen molar-refractivity contribution in [2.24, 2.45) is 5.92 Å². The van der Waals surface area contributed by atoms with Gasteiger partial charge in [0.25, 0.3) is 0 Å². The SMILES string of the molecule is CCC(=O)O[C@@H](C)[C@H](O)[C@@H](C)[C@H](CO[Si](C(C)C)(C(C)C)C(C)C)OCc1ccccc1. The second-order valence-corrected chi connectivity index (χ2v) is 15.3. The first-order valence-electron chi connectivity index (χ1n) is 12.1. The van der Waals surface area contributed by atoms with E-state index in [0.717, 1.165) is 5.56 Å². The molecule has 0 spiro atoms. The Morgan fingerprint density at radius 3 is 1.94 bits per heavy atom. The van der Waals surface area contributed by atoms with Crippen molar-refractivity contribution < 1.29 is 23.8 Å². The van der Waals surface area contributed by atoms with Crippen LogP contribution in [0.15, 0.2) is 30.3 Å². The van der Waals surface area contributed by atoms with Crippen LogP contribution in [0.25, 0.3) is 0 Å². The molecule has 0 radical (unpaired) electrons. The van der Waals surface area contributed by atoms with Gasteiger partial charge in [0.05, 0.1) is 25.4 Å². The third kappa shape index (κ3) is 7.68. The maximum absolute atomic E-state index is 11.7. The second-order valence-electron chi connectivity index (χ2n) is 9.86. The summed E-state index contributed by atoms with van der Waals surface area (Å²) in [5.74, 6) is -0.579. The van der Waals surface area contributed by atoms with Gasteiger partial charge in [0.15, 0.2) is 8.32 Å². The summed E-state index contributed by atoms with van der Waals surface area (Å²) in [4.78, 5) is 11.7. The number of carbonyl (C=O) groups excluding carboxylic acids is 1. The van der Waals surface area contributed by atoms with Gasteiger partial charge >= 0.3 is 5.97 Å². The van der Waals surface area contributed by atoms with Crippen molar-refractivity contribution in [3.05, 3.63) is 35.9 Å². The standard InChI is InChI=1S/C26H46O5Si/c1-10-25(27)31-22(9)26(28)21(8)24(29-16-23-14-12-11-13-15-23)17-30-32(18(2)3,19(4)5)20(6)7/h11-15,18-22,24,26,28H,10,16-17H2,1-9H3/t21-,22-,24-,26+/m0/s1. The van der Waals surface area contributed by atoms with Crippen molar-refractivity contribution in [3.63, 3.8) is 0 Å². The van der Waals surface area contributed by atoms with Gasteiger partial charge in [0.2, 0.25) is 0 Å². The van der Waals surface area contributed by atoms with E-state index < -0.39 is 20.5 Å². The number of rotatable bonds is 14. The number of hydrogen-bond donors (Lipinski definition) is 1. The highest BCUT2D eigenvalue weighted by molar-refractivity contribution is 6.77. The molecule has 4 atom stereocenters. The highest BCUT2D eigenvalue weighted by atomic mass is 28.4. The van der Waals surface area contributed by atoms with Gasteiger partial charge in [-0.25, -0.2) is 0 Å². The first-order chi connectivity index (χ1) is 15.0. The summed E-state index contributed by atoms with van der Waals surface area (Å²) in [6, 6.07) is 10.0. The monoisotopic (exact) mass is 466 g/mol. The van der Waals surface area contributed by atoms with Crippen LogP contribution in [-0.4, -0.2) is 44.3 Å². The zero-order chi connectivity index (χ0) is 24.5. The molecule has 1 rings (SSSR count). The molecule has 0 aliphatic rings. The number of aliphatic hydroxyl groups is 1. The smallest absolute Gasteiger partial charge is 0.305 e. The van der Waals surface area contributed by atoms with E-state index in [9.17, 15) is 9.90 Å². The molecular weight excluding hydrogens is 420 g/mol. The van der Waals surface area contributed by atoms with E-state index in [2.05, 4.69) is 41.5 Å². The van der Waals surface area contributed by atoms with Crippen LogP contribution in [0.3, 0.4) is 0 Å². The van der Waals surface area contributed by atoms with Crippen LogP contribution in [0, 0.1) is 5.92 Å². The number of aliphatic hydroxyl groups excluding tert-OH is 1. The molecule has 0 saturated carbocycles. The molecule has 0 bridgehead atoms. The van der Waals surface area contributed by atoms with Crippen LogP contribution in [0.4, 0.5) is 0 Å². The summed E-state index contributed by atoms with van der Waals surface area (Å²) in [5, 5.41) is 11.0. The van der Waals surface area contributed by atoms with Crippen LogP contribution in [0.5, 0.6) is 0 Å². The van der Waals surface area contributed by atoms with E-state index in [1.165, 1.54) is 0 Å². The topological polar surface area (TPSA) is 65.0 Å². The second kappa shape index (κ2) is 13.5. The Kier molecular flexibility index (Phi) is 12.1. The Hall–Kier alpha value is -1.21. The Morgan fingerprint density at radius 2 is 1.47 bits per heavy atom. The highest BCUT2D eigenvalue weighted by Crippen LogP contribution is 2.42. The van der Waals surface area contributed by atoms with Crippen molar-refractivity contribution >= 4 is 14.3 Å². The van der Waals surface area contributed by atoms with E-state index in [1.807, 2.05) is 37.3 Å². The Balaban J connectivity index is 3.06. The summed E-state index contributed by atoms with van der Waals surface area (Å²) in [6.07, 6.45) is -1.49. The molecule has 0 unspecified atom stereocenters. The highest BCUT2D eigenvalue weighted by Gasteiger charge is 2.46. The third-order valence-corrected chi connectivity index (χ3v) is 12.8. The van der Waals surface area contributed by atoms with Crippen molar-refractivity contribution in [1.29, 1.82) is 0 Å². The van der Waals surface area contributed by atoms with Gasteiger partial charge in [-0.3, -0.25) is 4.79 Å². The van der Waals surface area contributed by atoms with Gasteiger partial charge in [-0.05, 0) is 29.1 Å². The van der Waals surface area contributed by atoms with Crippen LogP contribution < -0.4 is 0 Å². The van der Waals surface area contributed by atoms with Gasteiger partial charge < -0.3 is 19.0 Å². The van der Waals surface area contributed by atoms with E-state index in [1.54, 1.807) is 13.8 Å². The van der Waals surface area contributed by atoms with Crippen molar-refractivity contribution in [2.75, 3.05) is 6.61 Å². The summed E-state index contributed by atoms with van der Waals surface area (Å²) in [6.45, 7) is 19.9. The summed E-state index contributed by atoms with van der Waals surface area (Å²) in [7, 11) is -2.09. The number of carbonyl (C=O) groups is 1. The molecule has 0 fully saturated rings. The number of hydrogen-bond acceptors (Lipinski definition) is 5. The van der Waals surface area contributed by atoms with Crippen LogP contribution in [-0.2, 0) is 25.3 Å². The first-order valence-corrected chi connectivity index (χ1v) is 14.3. The quantitative estimate of drug-likeness (QED) is 0.265. The average molecular weight is 467 g/mol. The van der Waals surface area contributed by atoms with Crippen molar-refractivity contribution in [1.82, 2.24) is 0 Å². The van der Waals surface area contributed by atoms with E-state index >= 15 is 0 Å². The minimum absolute atomic E-state index is 0.267. The summed E-state index contributed by atoms with van der Waals surface area (Å²) >= 11 is 0. The maximum Gasteiger partial charge on any atom is 0.305 e. The molecule has 1 aromatic rings. The molecule has 1 N–H and O–H groups in total. The molecule has 0 aromatic heterocycles. The molecule has 0 saturated heterocycles. The maximum atomic E-state index is 11.7. The lowest BCUT2D eigenvalue weighted by atomic mass is 9.94. The largest absolute Gasteiger partial charge is 0.460 e. The molecule has 5 nitrogen and oxygen atoms in total. The zero-order valence-electron chi connectivity index (χ0n) is 21.6. The van der Waals surface area contributed by atoms with Crippen molar-refractivity contribution in [3.8, 4) is 0 Å². The van der Waals surface area contributed by atoms with E-state index in [0.29, 0.717) is 29.8 Å². The Labute approximate surface area is 197 Å². The molecule has 1 aromatic carbocycles. The van der Waals surface area contributed by atoms with E-state index in [4.69, 9.17) is 13.9 Å². The Bertz CT molecular complexity index is 640. The minimum Gasteiger partial charge on any atom is -0.460 e. The molecular formula is C26H46O5Si. The number of esters is 1. The van der Waals surface area contributed by atoms with Crippen LogP contribution >= 0.6 is 0 Å². The summed E-state index contributed by atoms with van der Waals surface area (Å²) in [5.41, 5.74) is 2.45. The van der Waals surface area contributed by atoms with Gasteiger partial charge in [0, 0.05) is 12.3 Å². The molecule has 0 aliphatic carbocycles. The van der Waals surface area contributed by atoms with E-state index in [-0.39, 0.29) is 24.4 Å². The summed E-state index contributed by atoms with van der Waals surface area (Å²) < 4.78 is 18.5. The predicted molar refractivity (Wildman–Crippen MR) is 133 cm³/mol. The van der Waals surface area contributed by atoms with Crippen LogP contribution in [0.1, 0.15) is 74.3 Å². The molecule has 6 heteroatoms. The third-order valence-electron chi connectivity index (χ3n) is 6.72. The average Bonchev–Trinajstić information content (AvgIpc) is 2.74.